The molecular weight excluding hydrogens is 232 g/mol. The number of aromatic nitrogens is 2. The third kappa shape index (κ3) is 2.88. The van der Waals surface area contributed by atoms with E-state index in [-0.39, 0.29) is 19.1 Å². The molecule has 0 bridgehead atoms. The van der Waals surface area contributed by atoms with E-state index in [1.54, 1.807) is 0 Å². The second kappa shape index (κ2) is 5.97. The summed E-state index contributed by atoms with van der Waals surface area (Å²) in [6, 6.07) is 0. The zero-order valence-electron chi connectivity index (χ0n) is 11.1. The molecule has 1 heterocycles. The minimum Gasteiger partial charge on any atom is -0.394 e. The van der Waals surface area contributed by atoms with Crippen LogP contribution < -0.4 is 11.1 Å². The van der Waals surface area contributed by atoms with E-state index >= 15 is 0 Å². The van der Waals surface area contributed by atoms with Gasteiger partial charge in [0.05, 0.1) is 18.8 Å². The Morgan fingerprint density at radius 1 is 1.33 bits per heavy atom. The summed E-state index contributed by atoms with van der Waals surface area (Å²) in [5.41, 5.74) is 5.87. The number of nitrogens with two attached hydrogens (primary N) is 1. The van der Waals surface area contributed by atoms with Crippen LogP contribution in [0.1, 0.15) is 38.7 Å². The maximum absolute atomic E-state index is 9.44. The van der Waals surface area contributed by atoms with Crippen molar-refractivity contribution in [2.75, 3.05) is 24.3 Å². The first-order valence-corrected chi connectivity index (χ1v) is 6.10. The lowest BCUT2D eigenvalue weighted by Crippen LogP contribution is -2.45. The minimum atomic E-state index is -0.787. The summed E-state index contributed by atoms with van der Waals surface area (Å²) in [7, 11) is 0. The minimum absolute atomic E-state index is 0.153. The number of aliphatic hydroxyl groups is 2. The van der Waals surface area contributed by atoms with E-state index in [0.29, 0.717) is 18.1 Å². The average molecular weight is 254 g/mol. The molecule has 102 valence electrons. The van der Waals surface area contributed by atoms with Gasteiger partial charge in [0, 0.05) is 5.56 Å². The molecule has 0 saturated heterocycles. The van der Waals surface area contributed by atoms with Crippen LogP contribution in [0.4, 0.5) is 11.6 Å². The zero-order chi connectivity index (χ0) is 13.8. The molecule has 1 rings (SSSR count). The molecule has 0 unspecified atom stereocenters. The molecule has 0 aliphatic rings. The van der Waals surface area contributed by atoms with Gasteiger partial charge in [-0.05, 0) is 12.3 Å². The fourth-order valence-corrected chi connectivity index (χ4v) is 1.77. The summed E-state index contributed by atoms with van der Waals surface area (Å²) in [5, 5.41) is 22.0. The molecule has 0 spiro atoms. The Labute approximate surface area is 107 Å². The van der Waals surface area contributed by atoms with Gasteiger partial charge in [0.2, 0.25) is 0 Å². The van der Waals surface area contributed by atoms with Gasteiger partial charge in [0.1, 0.15) is 18.0 Å². The fourth-order valence-electron chi connectivity index (χ4n) is 1.77. The molecule has 6 heteroatoms. The molecule has 0 aliphatic heterocycles. The summed E-state index contributed by atoms with van der Waals surface area (Å²) < 4.78 is 0. The summed E-state index contributed by atoms with van der Waals surface area (Å²) in [4.78, 5) is 8.14. The Bertz CT molecular complexity index is 383. The van der Waals surface area contributed by atoms with Crippen LogP contribution in [0.15, 0.2) is 6.33 Å². The van der Waals surface area contributed by atoms with E-state index < -0.39 is 5.54 Å². The molecule has 0 radical (unpaired) electrons. The van der Waals surface area contributed by atoms with Crippen molar-refractivity contribution in [3.05, 3.63) is 11.9 Å². The maximum atomic E-state index is 9.44. The van der Waals surface area contributed by atoms with Crippen molar-refractivity contribution in [3.8, 4) is 0 Å². The number of nitrogens with one attached hydrogen (secondary N) is 1. The molecule has 18 heavy (non-hydrogen) atoms. The van der Waals surface area contributed by atoms with Gasteiger partial charge in [0.25, 0.3) is 0 Å². The molecule has 5 N–H and O–H groups in total. The second-order valence-electron chi connectivity index (χ2n) is 4.75. The predicted octanol–water partition coefficient (Wildman–Crippen LogP) is 0.727. The first-order chi connectivity index (χ1) is 8.49. The Morgan fingerprint density at radius 2 is 1.94 bits per heavy atom. The van der Waals surface area contributed by atoms with Crippen molar-refractivity contribution in [1.82, 2.24) is 9.97 Å². The standard InChI is InChI=1S/C12H22N4O2/c1-4-12(5-17,6-18)16-11-9(8(2)3)10(13)14-7-15-11/h7-8,17-18H,4-6H2,1-3H3,(H3,13,14,15,16). The molecule has 0 fully saturated rings. The summed E-state index contributed by atoms with van der Waals surface area (Å²) in [6.45, 7) is 5.51. The molecule has 0 saturated carbocycles. The molecule has 0 amide bonds. The van der Waals surface area contributed by atoms with E-state index in [1.807, 2.05) is 20.8 Å². The smallest absolute Gasteiger partial charge is 0.135 e. The van der Waals surface area contributed by atoms with Gasteiger partial charge in [-0.15, -0.1) is 0 Å². The number of hydrogen-bond donors (Lipinski definition) is 4. The average Bonchev–Trinajstić information content (AvgIpc) is 2.35. The molecule has 0 aromatic carbocycles. The van der Waals surface area contributed by atoms with Gasteiger partial charge < -0.3 is 21.3 Å². The maximum Gasteiger partial charge on any atom is 0.135 e. The first kappa shape index (κ1) is 14.7. The molecule has 6 nitrogen and oxygen atoms in total. The van der Waals surface area contributed by atoms with E-state index in [0.717, 1.165) is 5.56 Å². The highest BCUT2D eigenvalue weighted by atomic mass is 16.3. The Hall–Kier alpha value is -1.40. The van der Waals surface area contributed by atoms with Crippen LogP contribution in [0.3, 0.4) is 0 Å². The number of nitrogens with zero attached hydrogens (tertiary/aromatic N) is 2. The monoisotopic (exact) mass is 254 g/mol. The third-order valence-corrected chi connectivity index (χ3v) is 3.16. The predicted molar refractivity (Wildman–Crippen MR) is 71.3 cm³/mol. The molecule has 1 aromatic rings. The summed E-state index contributed by atoms with van der Waals surface area (Å²) in [6.07, 6.45) is 1.94. The molecular formula is C12H22N4O2. The van der Waals surface area contributed by atoms with Crippen LogP contribution in [0.25, 0.3) is 0 Å². The Balaban J connectivity index is 3.14. The van der Waals surface area contributed by atoms with Crippen LogP contribution in [0.5, 0.6) is 0 Å². The van der Waals surface area contributed by atoms with E-state index in [2.05, 4.69) is 15.3 Å². The van der Waals surface area contributed by atoms with Crippen molar-refractivity contribution < 1.29 is 10.2 Å². The zero-order valence-corrected chi connectivity index (χ0v) is 11.1. The summed E-state index contributed by atoms with van der Waals surface area (Å²) >= 11 is 0. The van der Waals surface area contributed by atoms with Crippen LogP contribution in [-0.2, 0) is 0 Å². The second-order valence-corrected chi connectivity index (χ2v) is 4.75. The van der Waals surface area contributed by atoms with Crippen molar-refractivity contribution >= 4 is 11.6 Å². The van der Waals surface area contributed by atoms with Gasteiger partial charge >= 0.3 is 0 Å². The highest BCUT2D eigenvalue weighted by Crippen LogP contribution is 2.28. The fraction of sp³-hybridized carbons (Fsp3) is 0.667. The van der Waals surface area contributed by atoms with Crippen molar-refractivity contribution in [2.45, 2.75) is 38.6 Å². The lowest BCUT2D eigenvalue weighted by atomic mass is 9.97. The Kier molecular flexibility index (Phi) is 4.86. The molecule has 0 aliphatic carbocycles. The van der Waals surface area contributed by atoms with Gasteiger partial charge in [-0.2, -0.15) is 0 Å². The van der Waals surface area contributed by atoms with Gasteiger partial charge in [-0.3, -0.25) is 0 Å². The lowest BCUT2D eigenvalue weighted by Gasteiger charge is -2.31. The topological polar surface area (TPSA) is 104 Å². The first-order valence-electron chi connectivity index (χ1n) is 6.10. The van der Waals surface area contributed by atoms with Crippen molar-refractivity contribution in [3.63, 3.8) is 0 Å². The SMILES string of the molecule is CCC(CO)(CO)Nc1ncnc(N)c1C(C)C. The number of rotatable bonds is 6. The lowest BCUT2D eigenvalue weighted by molar-refractivity contribution is 0.132. The molecule has 1 aromatic heterocycles. The van der Waals surface area contributed by atoms with E-state index in [1.165, 1.54) is 6.33 Å². The van der Waals surface area contributed by atoms with Crippen LogP contribution in [-0.4, -0.2) is 38.9 Å². The molecule has 0 atom stereocenters. The largest absolute Gasteiger partial charge is 0.394 e. The Morgan fingerprint density at radius 3 is 2.39 bits per heavy atom. The van der Waals surface area contributed by atoms with Crippen LogP contribution >= 0.6 is 0 Å². The van der Waals surface area contributed by atoms with Gasteiger partial charge in [0.15, 0.2) is 0 Å². The van der Waals surface area contributed by atoms with Crippen molar-refractivity contribution in [2.24, 2.45) is 0 Å². The highest BCUT2D eigenvalue weighted by molar-refractivity contribution is 5.57. The van der Waals surface area contributed by atoms with Gasteiger partial charge in [-0.25, -0.2) is 9.97 Å². The number of hydrogen-bond acceptors (Lipinski definition) is 6. The van der Waals surface area contributed by atoms with Crippen LogP contribution in [0.2, 0.25) is 0 Å². The van der Waals surface area contributed by atoms with Crippen molar-refractivity contribution in [1.29, 1.82) is 0 Å². The highest BCUT2D eigenvalue weighted by Gasteiger charge is 2.28. The van der Waals surface area contributed by atoms with E-state index in [9.17, 15) is 10.2 Å². The number of nitrogen functional groups attached to an aromatic ring is 1. The van der Waals surface area contributed by atoms with Gasteiger partial charge in [-0.1, -0.05) is 20.8 Å². The normalized spacial score (nSPS) is 11.9. The number of aliphatic hydroxyl groups excluding tert-OH is 2. The quantitative estimate of drug-likeness (QED) is 0.596. The number of anilines is 2. The van der Waals surface area contributed by atoms with Crippen LogP contribution in [0, 0.1) is 0 Å². The third-order valence-electron chi connectivity index (χ3n) is 3.16. The van der Waals surface area contributed by atoms with E-state index in [4.69, 9.17) is 5.73 Å². The summed E-state index contributed by atoms with van der Waals surface area (Å²) in [5.74, 6) is 1.14.